The number of hydrogen-bond donors (Lipinski definition) is 1. The van der Waals surface area contributed by atoms with Crippen molar-refractivity contribution in [1.29, 1.82) is 0 Å². The Morgan fingerprint density at radius 1 is 1.16 bits per heavy atom. The summed E-state index contributed by atoms with van der Waals surface area (Å²) in [5.41, 5.74) is 9.83. The number of rotatable bonds is 8. The molecule has 162 valence electrons. The molecule has 2 aromatic carbocycles. The van der Waals surface area contributed by atoms with E-state index in [1.165, 1.54) is 5.56 Å². The van der Waals surface area contributed by atoms with Crippen LogP contribution < -0.4 is 10.5 Å². The molecule has 1 amide bonds. The fourth-order valence-electron chi connectivity index (χ4n) is 4.52. The van der Waals surface area contributed by atoms with Gasteiger partial charge in [-0.2, -0.15) is 5.10 Å². The van der Waals surface area contributed by atoms with E-state index in [1.807, 2.05) is 35.1 Å². The number of likely N-dealkylation sites (tertiary alicyclic amines) is 1. The lowest BCUT2D eigenvalue weighted by Gasteiger charge is -2.26. The van der Waals surface area contributed by atoms with E-state index in [9.17, 15) is 4.79 Å². The highest BCUT2D eigenvalue weighted by Crippen LogP contribution is 2.36. The zero-order chi connectivity index (χ0) is 21.8. The van der Waals surface area contributed by atoms with Gasteiger partial charge in [-0.05, 0) is 43.5 Å². The lowest BCUT2D eigenvalue weighted by Crippen LogP contribution is -2.41. The molecule has 1 aliphatic heterocycles. The van der Waals surface area contributed by atoms with Gasteiger partial charge in [0.1, 0.15) is 5.75 Å². The van der Waals surface area contributed by atoms with Crippen LogP contribution in [0.15, 0.2) is 60.9 Å². The van der Waals surface area contributed by atoms with Crippen molar-refractivity contribution < 1.29 is 9.53 Å². The molecule has 0 saturated carbocycles. The second-order valence-electron chi connectivity index (χ2n) is 8.38. The van der Waals surface area contributed by atoms with Gasteiger partial charge in [-0.15, -0.1) is 0 Å². The molecular weight excluding hydrogens is 388 g/mol. The number of ether oxygens (including phenoxy) is 1. The highest BCUT2D eigenvalue weighted by atomic mass is 16.5. The number of benzene rings is 2. The minimum absolute atomic E-state index is 0.215. The quantitative estimate of drug-likeness (QED) is 0.608. The Hall–Kier alpha value is -3.12. The molecule has 1 unspecified atom stereocenters. The van der Waals surface area contributed by atoms with E-state index < -0.39 is 5.41 Å². The normalized spacial score (nSPS) is 18.9. The van der Waals surface area contributed by atoms with E-state index in [1.54, 1.807) is 7.11 Å². The van der Waals surface area contributed by atoms with Crippen molar-refractivity contribution in [3.63, 3.8) is 0 Å². The van der Waals surface area contributed by atoms with E-state index >= 15 is 0 Å². The second kappa shape index (κ2) is 8.94. The van der Waals surface area contributed by atoms with Crippen LogP contribution in [0.1, 0.15) is 24.5 Å². The average molecular weight is 419 g/mol. The fraction of sp³-hybridized carbons (Fsp3) is 0.360. The highest BCUT2D eigenvalue weighted by molar-refractivity contribution is 5.82. The maximum Gasteiger partial charge on any atom is 0.225 e. The number of aryl methyl sites for hydroxylation is 1. The number of nitrogens with two attached hydrogens (primary N) is 1. The first-order valence-electron chi connectivity index (χ1n) is 10.8. The number of amides is 1. The summed E-state index contributed by atoms with van der Waals surface area (Å²) < 4.78 is 7.41. The van der Waals surface area contributed by atoms with Gasteiger partial charge in [0.2, 0.25) is 5.91 Å². The summed E-state index contributed by atoms with van der Waals surface area (Å²) >= 11 is 0. The van der Waals surface area contributed by atoms with Gasteiger partial charge in [-0.25, -0.2) is 0 Å². The van der Waals surface area contributed by atoms with Crippen molar-refractivity contribution in [3.8, 4) is 16.9 Å². The van der Waals surface area contributed by atoms with Crippen LogP contribution in [0.3, 0.4) is 0 Å². The molecule has 6 heteroatoms. The first-order chi connectivity index (χ1) is 15.0. The van der Waals surface area contributed by atoms with Crippen LogP contribution >= 0.6 is 0 Å². The number of para-hydroxylation sites is 1. The number of carbonyl (C=O) groups excluding carboxylic acids is 1. The van der Waals surface area contributed by atoms with E-state index in [0.717, 1.165) is 48.5 Å². The zero-order valence-electron chi connectivity index (χ0n) is 18.3. The van der Waals surface area contributed by atoms with E-state index in [4.69, 9.17) is 10.5 Å². The Labute approximate surface area is 183 Å². The first kappa shape index (κ1) is 21.1. The lowest BCUT2D eigenvalue weighted by atomic mass is 9.80. The van der Waals surface area contributed by atoms with Crippen LogP contribution in [0.2, 0.25) is 0 Å². The summed E-state index contributed by atoms with van der Waals surface area (Å²) in [6, 6.07) is 16.4. The van der Waals surface area contributed by atoms with Crippen molar-refractivity contribution in [2.45, 2.75) is 32.9 Å². The molecule has 31 heavy (non-hydrogen) atoms. The molecular formula is C25H30N4O2. The topological polar surface area (TPSA) is 73.4 Å². The minimum atomic E-state index is -0.535. The molecule has 4 rings (SSSR count). The van der Waals surface area contributed by atoms with Crippen LogP contribution in [0.5, 0.6) is 5.75 Å². The minimum Gasteiger partial charge on any atom is -0.496 e. The van der Waals surface area contributed by atoms with Crippen molar-refractivity contribution in [2.75, 3.05) is 20.2 Å². The summed E-state index contributed by atoms with van der Waals surface area (Å²) in [6.07, 6.45) is 5.41. The maximum atomic E-state index is 12.5. The Balaban J connectivity index is 1.47. The smallest absolute Gasteiger partial charge is 0.225 e. The Morgan fingerprint density at radius 3 is 2.61 bits per heavy atom. The van der Waals surface area contributed by atoms with Gasteiger partial charge in [0.25, 0.3) is 0 Å². The summed E-state index contributed by atoms with van der Waals surface area (Å²) in [5.74, 6) is 0.634. The third-order valence-electron chi connectivity index (χ3n) is 6.29. The third kappa shape index (κ3) is 4.49. The number of primary amides is 1. The van der Waals surface area contributed by atoms with Crippen LogP contribution in [0, 0.1) is 5.41 Å². The van der Waals surface area contributed by atoms with Gasteiger partial charge in [-0.3, -0.25) is 14.4 Å². The number of hydrogen-bond acceptors (Lipinski definition) is 4. The number of aromatic nitrogens is 2. The van der Waals surface area contributed by atoms with Crippen LogP contribution in [-0.2, 0) is 24.3 Å². The lowest BCUT2D eigenvalue weighted by molar-refractivity contribution is -0.127. The monoisotopic (exact) mass is 418 g/mol. The molecule has 0 aliphatic carbocycles. The van der Waals surface area contributed by atoms with Crippen molar-refractivity contribution in [3.05, 3.63) is 72.1 Å². The van der Waals surface area contributed by atoms with E-state index in [0.29, 0.717) is 13.0 Å². The molecule has 0 radical (unpaired) electrons. The van der Waals surface area contributed by atoms with Crippen LogP contribution in [0.4, 0.5) is 0 Å². The highest BCUT2D eigenvalue weighted by Gasteiger charge is 2.43. The predicted octanol–water partition coefficient (Wildman–Crippen LogP) is 3.50. The van der Waals surface area contributed by atoms with Gasteiger partial charge in [-0.1, -0.05) is 42.5 Å². The standard InChI is InChI=1S/C25H30N4O2/c1-3-29-17-20(15-27-29)16-28-13-12-25(18-28,24(26)30)14-19-8-10-21(11-9-19)22-6-4-5-7-23(22)31-2/h4-11,15,17H,3,12-14,16,18H2,1-2H3,(H2,26,30). The third-order valence-corrected chi connectivity index (χ3v) is 6.29. The van der Waals surface area contributed by atoms with Gasteiger partial charge in [0, 0.05) is 37.0 Å². The molecule has 0 spiro atoms. The van der Waals surface area contributed by atoms with Crippen molar-refractivity contribution >= 4 is 5.91 Å². The number of carbonyl (C=O) groups is 1. The SMILES string of the molecule is CCn1cc(CN2CCC(Cc3ccc(-c4ccccc4OC)cc3)(C(N)=O)C2)cn1. The molecule has 6 nitrogen and oxygen atoms in total. The number of nitrogens with zero attached hydrogens (tertiary/aromatic N) is 3. The average Bonchev–Trinajstić information content (AvgIpc) is 3.42. The first-order valence-corrected chi connectivity index (χ1v) is 10.8. The molecule has 1 atom stereocenters. The molecule has 2 N–H and O–H groups in total. The Kier molecular flexibility index (Phi) is 6.09. The Morgan fingerprint density at radius 2 is 1.94 bits per heavy atom. The second-order valence-corrected chi connectivity index (χ2v) is 8.38. The van der Waals surface area contributed by atoms with Gasteiger partial charge in [0.05, 0.1) is 18.7 Å². The maximum absolute atomic E-state index is 12.5. The largest absolute Gasteiger partial charge is 0.496 e. The molecule has 1 fully saturated rings. The molecule has 0 bridgehead atoms. The van der Waals surface area contributed by atoms with Gasteiger partial charge >= 0.3 is 0 Å². The molecule has 3 aromatic rings. The fourth-order valence-corrected chi connectivity index (χ4v) is 4.52. The van der Waals surface area contributed by atoms with Crippen molar-refractivity contribution in [2.24, 2.45) is 11.1 Å². The van der Waals surface area contributed by atoms with E-state index in [-0.39, 0.29) is 5.91 Å². The predicted molar refractivity (Wildman–Crippen MR) is 122 cm³/mol. The number of methoxy groups -OCH3 is 1. The summed E-state index contributed by atoms with van der Waals surface area (Å²) in [7, 11) is 1.68. The zero-order valence-corrected chi connectivity index (χ0v) is 18.3. The van der Waals surface area contributed by atoms with Crippen LogP contribution in [0.25, 0.3) is 11.1 Å². The molecule has 1 saturated heterocycles. The van der Waals surface area contributed by atoms with Crippen LogP contribution in [-0.4, -0.2) is 40.8 Å². The summed E-state index contributed by atoms with van der Waals surface area (Å²) in [4.78, 5) is 14.8. The van der Waals surface area contributed by atoms with E-state index in [2.05, 4.69) is 47.4 Å². The van der Waals surface area contributed by atoms with Crippen molar-refractivity contribution in [1.82, 2.24) is 14.7 Å². The van der Waals surface area contributed by atoms with Gasteiger partial charge < -0.3 is 10.5 Å². The molecule has 1 aromatic heterocycles. The summed E-state index contributed by atoms with van der Waals surface area (Å²) in [6.45, 7) is 5.26. The Bertz CT molecular complexity index is 1040. The van der Waals surface area contributed by atoms with Gasteiger partial charge in [0.15, 0.2) is 0 Å². The summed E-state index contributed by atoms with van der Waals surface area (Å²) in [5, 5.41) is 4.35. The molecule has 2 heterocycles. The molecule has 1 aliphatic rings.